The summed E-state index contributed by atoms with van der Waals surface area (Å²) in [5.74, 6) is 2.04. The second-order valence-electron chi connectivity index (χ2n) is 4.73. The summed E-state index contributed by atoms with van der Waals surface area (Å²) in [4.78, 5) is 0. The van der Waals surface area contributed by atoms with Gasteiger partial charge in [0, 0.05) is 5.88 Å². The molecule has 0 aliphatic carbocycles. The van der Waals surface area contributed by atoms with Crippen molar-refractivity contribution >= 4 is 11.6 Å². The van der Waals surface area contributed by atoms with Gasteiger partial charge >= 0.3 is 0 Å². The molecule has 0 bridgehead atoms. The van der Waals surface area contributed by atoms with Gasteiger partial charge in [0.2, 0.25) is 0 Å². The molecular formula is C17H19ClO. The van der Waals surface area contributed by atoms with Gasteiger partial charge in [0.15, 0.2) is 0 Å². The number of rotatable bonds is 6. The molecule has 0 amide bonds. The van der Waals surface area contributed by atoms with Crippen molar-refractivity contribution in [3.8, 4) is 5.75 Å². The maximum absolute atomic E-state index is 6.12. The Morgan fingerprint density at radius 3 is 2.32 bits per heavy atom. The molecule has 2 aromatic carbocycles. The third-order valence-electron chi connectivity index (χ3n) is 3.29. The predicted molar refractivity (Wildman–Crippen MR) is 81.1 cm³/mol. The largest absolute Gasteiger partial charge is 0.496 e. The van der Waals surface area contributed by atoms with Crippen molar-refractivity contribution < 1.29 is 4.74 Å². The van der Waals surface area contributed by atoms with Gasteiger partial charge in [0.1, 0.15) is 5.75 Å². The van der Waals surface area contributed by atoms with Crippen LogP contribution in [0.4, 0.5) is 0 Å². The van der Waals surface area contributed by atoms with Crippen molar-refractivity contribution in [3.05, 3.63) is 65.7 Å². The summed E-state index contributed by atoms with van der Waals surface area (Å²) in [7, 11) is 1.71. The number of halogens is 1. The molecule has 0 saturated heterocycles. The topological polar surface area (TPSA) is 9.23 Å². The van der Waals surface area contributed by atoms with Crippen LogP contribution in [-0.4, -0.2) is 13.0 Å². The number of hydrogen-bond donors (Lipinski definition) is 0. The molecule has 0 saturated carbocycles. The summed E-state index contributed by atoms with van der Waals surface area (Å²) in [5, 5.41) is 0. The highest BCUT2D eigenvalue weighted by atomic mass is 35.5. The number of methoxy groups -OCH3 is 1. The molecule has 0 aliphatic heterocycles. The SMILES string of the molecule is COc1ccccc1CC(CCl)Cc1ccccc1. The van der Waals surface area contributed by atoms with Crippen LogP contribution in [0.15, 0.2) is 54.6 Å². The Labute approximate surface area is 120 Å². The summed E-state index contributed by atoms with van der Waals surface area (Å²) in [6, 6.07) is 18.7. The Bertz CT molecular complexity index is 496. The van der Waals surface area contributed by atoms with E-state index >= 15 is 0 Å². The van der Waals surface area contributed by atoms with E-state index in [2.05, 4.69) is 30.3 Å². The molecule has 100 valence electrons. The third-order valence-corrected chi connectivity index (χ3v) is 3.72. The van der Waals surface area contributed by atoms with E-state index in [1.165, 1.54) is 11.1 Å². The average Bonchev–Trinajstić information content (AvgIpc) is 2.48. The maximum atomic E-state index is 6.12. The van der Waals surface area contributed by atoms with E-state index in [9.17, 15) is 0 Å². The van der Waals surface area contributed by atoms with Crippen molar-refractivity contribution in [3.63, 3.8) is 0 Å². The normalized spacial score (nSPS) is 12.1. The first kappa shape index (κ1) is 14.0. The Morgan fingerprint density at radius 2 is 1.63 bits per heavy atom. The van der Waals surface area contributed by atoms with Crippen LogP contribution >= 0.6 is 11.6 Å². The number of benzene rings is 2. The molecule has 1 atom stereocenters. The molecule has 2 rings (SSSR count). The molecule has 0 radical (unpaired) electrons. The highest BCUT2D eigenvalue weighted by Crippen LogP contribution is 2.23. The lowest BCUT2D eigenvalue weighted by Crippen LogP contribution is -2.10. The Hall–Kier alpha value is -1.47. The minimum Gasteiger partial charge on any atom is -0.496 e. The van der Waals surface area contributed by atoms with Crippen LogP contribution in [0.5, 0.6) is 5.75 Å². The van der Waals surface area contributed by atoms with E-state index in [1.54, 1.807) is 7.11 Å². The molecular weight excluding hydrogens is 256 g/mol. The fourth-order valence-electron chi connectivity index (χ4n) is 2.31. The monoisotopic (exact) mass is 274 g/mol. The van der Waals surface area contributed by atoms with E-state index in [1.807, 2.05) is 24.3 Å². The third kappa shape index (κ3) is 4.00. The number of hydrogen-bond acceptors (Lipinski definition) is 1. The lowest BCUT2D eigenvalue weighted by atomic mass is 9.93. The lowest BCUT2D eigenvalue weighted by molar-refractivity contribution is 0.405. The Balaban J connectivity index is 2.07. The standard InChI is InChI=1S/C17H19ClO/c1-19-17-10-6-5-9-16(17)12-15(13-18)11-14-7-3-2-4-8-14/h2-10,15H,11-13H2,1H3. The van der Waals surface area contributed by atoms with E-state index < -0.39 is 0 Å². The first-order valence-corrected chi connectivity index (χ1v) is 7.08. The van der Waals surface area contributed by atoms with Crippen molar-refractivity contribution in [2.45, 2.75) is 12.8 Å². The van der Waals surface area contributed by atoms with Gasteiger partial charge in [-0.25, -0.2) is 0 Å². The smallest absolute Gasteiger partial charge is 0.122 e. The highest BCUT2D eigenvalue weighted by molar-refractivity contribution is 6.18. The van der Waals surface area contributed by atoms with Crippen LogP contribution in [0.2, 0.25) is 0 Å². The summed E-state index contributed by atoms with van der Waals surface area (Å²) in [6.45, 7) is 0. The fourth-order valence-corrected chi connectivity index (χ4v) is 2.53. The Kier molecular flexibility index (Phi) is 5.29. The van der Waals surface area contributed by atoms with Crippen LogP contribution in [-0.2, 0) is 12.8 Å². The molecule has 19 heavy (non-hydrogen) atoms. The van der Waals surface area contributed by atoms with Crippen LogP contribution in [0.1, 0.15) is 11.1 Å². The molecule has 0 N–H and O–H groups in total. The summed E-state index contributed by atoms with van der Waals surface area (Å²) >= 11 is 6.12. The van der Waals surface area contributed by atoms with Gasteiger partial charge in [-0.3, -0.25) is 0 Å². The summed E-state index contributed by atoms with van der Waals surface area (Å²) < 4.78 is 5.40. The molecule has 0 heterocycles. The lowest BCUT2D eigenvalue weighted by Gasteiger charge is -2.16. The first-order valence-electron chi connectivity index (χ1n) is 6.55. The summed E-state index contributed by atoms with van der Waals surface area (Å²) in [6.07, 6.45) is 1.95. The number of alkyl halides is 1. The van der Waals surface area contributed by atoms with Crippen molar-refractivity contribution in [2.24, 2.45) is 5.92 Å². The predicted octanol–water partition coefficient (Wildman–Crippen LogP) is 4.34. The quantitative estimate of drug-likeness (QED) is 0.712. The number of para-hydroxylation sites is 1. The van der Waals surface area contributed by atoms with Crippen molar-refractivity contribution in [2.75, 3.05) is 13.0 Å². The minimum absolute atomic E-state index is 0.431. The van der Waals surface area contributed by atoms with Gasteiger partial charge in [-0.05, 0) is 36.0 Å². The maximum Gasteiger partial charge on any atom is 0.122 e. The second kappa shape index (κ2) is 7.20. The van der Waals surface area contributed by atoms with E-state index in [0.29, 0.717) is 11.8 Å². The van der Waals surface area contributed by atoms with Gasteiger partial charge in [-0.2, -0.15) is 0 Å². The van der Waals surface area contributed by atoms with Crippen LogP contribution < -0.4 is 4.74 Å². The molecule has 0 fully saturated rings. The molecule has 0 aliphatic rings. The van der Waals surface area contributed by atoms with Crippen LogP contribution in [0.3, 0.4) is 0 Å². The van der Waals surface area contributed by atoms with Gasteiger partial charge < -0.3 is 4.74 Å². The molecule has 1 unspecified atom stereocenters. The molecule has 1 nitrogen and oxygen atoms in total. The zero-order valence-electron chi connectivity index (χ0n) is 11.2. The van der Waals surface area contributed by atoms with E-state index in [-0.39, 0.29) is 0 Å². The van der Waals surface area contributed by atoms with Crippen molar-refractivity contribution in [1.82, 2.24) is 0 Å². The zero-order valence-corrected chi connectivity index (χ0v) is 11.9. The van der Waals surface area contributed by atoms with Gasteiger partial charge in [-0.15, -0.1) is 11.6 Å². The van der Waals surface area contributed by atoms with Crippen molar-refractivity contribution in [1.29, 1.82) is 0 Å². The molecule has 2 aromatic rings. The van der Waals surface area contributed by atoms with Gasteiger partial charge in [0.05, 0.1) is 7.11 Å². The minimum atomic E-state index is 0.431. The molecule has 0 aromatic heterocycles. The molecule has 0 spiro atoms. The average molecular weight is 275 g/mol. The number of ether oxygens (including phenoxy) is 1. The van der Waals surface area contributed by atoms with Gasteiger partial charge in [0.25, 0.3) is 0 Å². The van der Waals surface area contributed by atoms with E-state index in [4.69, 9.17) is 16.3 Å². The Morgan fingerprint density at radius 1 is 0.947 bits per heavy atom. The summed E-state index contributed by atoms with van der Waals surface area (Å²) in [5.41, 5.74) is 2.56. The first-order chi connectivity index (χ1) is 9.33. The fraction of sp³-hybridized carbons (Fsp3) is 0.294. The highest BCUT2D eigenvalue weighted by Gasteiger charge is 2.12. The zero-order chi connectivity index (χ0) is 13.5. The second-order valence-corrected chi connectivity index (χ2v) is 5.03. The van der Waals surface area contributed by atoms with E-state index in [0.717, 1.165) is 18.6 Å². The van der Waals surface area contributed by atoms with Crippen LogP contribution in [0, 0.1) is 5.92 Å². The van der Waals surface area contributed by atoms with Gasteiger partial charge in [-0.1, -0.05) is 48.5 Å². The van der Waals surface area contributed by atoms with Crippen LogP contribution in [0.25, 0.3) is 0 Å². The molecule has 2 heteroatoms.